The lowest BCUT2D eigenvalue weighted by Crippen LogP contribution is -2.31. The average molecular weight is 231 g/mol. The smallest absolute Gasteiger partial charge is 0.224 e. The Bertz CT molecular complexity index is 540. The standard InChI is InChI=1S/C14H17NO2/c1-9(2)15-14(16)8-11-4-5-13-12(7-11)6-10(3)17-13/h4-7,9H,8H2,1-3H3,(H,15,16). The minimum Gasteiger partial charge on any atom is -0.461 e. The summed E-state index contributed by atoms with van der Waals surface area (Å²) in [5.74, 6) is 0.948. The van der Waals surface area contributed by atoms with Gasteiger partial charge in [-0.2, -0.15) is 0 Å². The quantitative estimate of drug-likeness (QED) is 0.882. The van der Waals surface area contributed by atoms with Gasteiger partial charge in [0.25, 0.3) is 0 Å². The Morgan fingerprint density at radius 1 is 1.35 bits per heavy atom. The molecule has 0 unspecified atom stereocenters. The third-order valence-corrected chi connectivity index (χ3v) is 2.52. The minimum atomic E-state index is 0.0552. The van der Waals surface area contributed by atoms with Crippen LogP contribution in [0.25, 0.3) is 11.0 Å². The number of carbonyl (C=O) groups excluding carboxylic acids is 1. The zero-order chi connectivity index (χ0) is 12.4. The summed E-state index contributed by atoms with van der Waals surface area (Å²) in [6.07, 6.45) is 0.415. The molecule has 0 radical (unpaired) electrons. The normalized spacial score (nSPS) is 11.1. The van der Waals surface area contributed by atoms with Crippen molar-refractivity contribution in [3.05, 3.63) is 35.6 Å². The molecule has 0 spiro atoms. The van der Waals surface area contributed by atoms with E-state index in [4.69, 9.17) is 4.42 Å². The van der Waals surface area contributed by atoms with E-state index in [1.54, 1.807) is 0 Å². The molecular weight excluding hydrogens is 214 g/mol. The molecule has 3 nitrogen and oxygen atoms in total. The summed E-state index contributed by atoms with van der Waals surface area (Å²) in [4.78, 5) is 11.6. The number of amides is 1. The second kappa shape index (κ2) is 4.62. The van der Waals surface area contributed by atoms with Crippen LogP contribution in [0, 0.1) is 6.92 Å². The molecule has 17 heavy (non-hydrogen) atoms. The Balaban J connectivity index is 2.16. The molecule has 3 heteroatoms. The van der Waals surface area contributed by atoms with E-state index in [0.717, 1.165) is 22.3 Å². The molecule has 1 amide bonds. The number of carbonyl (C=O) groups is 1. The summed E-state index contributed by atoms with van der Waals surface area (Å²) in [6.45, 7) is 5.84. The van der Waals surface area contributed by atoms with Crippen molar-refractivity contribution >= 4 is 16.9 Å². The summed E-state index contributed by atoms with van der Waals surface area (Å²) >= 11 is 0. The molecule has 0 fully saturated rings. The Hall–Kier alpha value is -1.77. The molecule has 1 aromatic heterocycles. The molecule has 0 aliphatic heterocycles. The van der Waals surface area contributed by atoms with Crippen LogP contribution in [0.4, 0.5) is 0 Å². The van der Waals surface area contributed by atoms with E-state index in [1.165, 1.54) is 0 Å². The first kappa shape index (κ1) is 11.7. The van der Waals surface area contributed by atoms with Crippen molar-refractivity contribution in [2.24, 2.45) is 0 Å². The monoisotopic (exact) mass is 231 g/mol. The van der Waals surface area contributed by atoms with E-state index in [0.29, 0.717) is 6.42 Å². The number of hydrogen-bond donors (Lipinski definition) is 1. The van der Waals surface area contributed by atoms with Crippen LogP contribution in [0.1, 0.15) is 25.2 Å². The molecule has 0 saturated heterocycles. The van der Waals surface area contributed by atoms with Gasteiger partial charge in [-0.1, -0.05) is 6.07 Å². The van der Waals surface area contributed by atoms with Gasteiger partial charge in [-0.15, -0.1) is 0 Å². The minimum absolute atomic E-state index is 0.0552. The fraction of sp³-hybridized carbons (Fsp3) is 0.357. The maximum absolute atomic E-state index is 11.6. The number of aryl methyl sites for hydroxylation is 1. The van der Waals surface area contributed by atoms with Crippen LogP contribution in [0.2, 0.25) is 0 Å². The fourth-order valence-electron chi connectivity index (χ4n) is 1.89. The fourth-order valence-corrected chi connectivity index (χ4v) is 1.89. The topological polar surface area (TPSA) is 42.2 Å². The first-order chi connectivity index (χ1) is 8.04. The second-order valence-electron chi connectivity index (χ2n) is 4.63. The van der Waals surface area contributed by atoms with Gasteiger partial charge in [0, 0.05) is 11.4 Å². The lowest BCUT2D eigenvalue weighted by molar-refractivity contribution is -0.120. The van der Waals surface area contributed by atoms with Gasteiger partial charge in [0.2, 0.25) is 5.91 Å². The zero-order valence-corrected chi connectivity index (χ0v) is 10.4. The predicted molar refractivity (Wildman–Crippen MR) is 67.9 cm³/mol. The third-order valence-electron chi connectivity index (χ3n) is 2.52. The third kappa shape index (κ3) is 2.87. The number of rotatable bonds is 3. The molecule has 2 aromatic rings. The highest BCUT2D eigenvalue weighted by molar-refractivity contribution is 5.83. The van der Waals surface area contributed by atoms with E-state index in [9.17, 15) is 4.79 Å². The first-order valence-electron chi connectivity index (χ1n) is 5.83. The summed E-state index contributed by atoms with van der Waals surface area (Å²) < 4.78 is 5.49. The SMILES string of the molecule is Cc1cc2cc(CC(=O)NC(C)C)ccc2o1. The van der Waals surface area contributed by atoms with Crippen LogP contribution < -0.4 is 5.32 Å². The Labute approximate surface area is 101 Å². The van der Waals surface area contributed by atoms with Crippen molar-refractivity contribution in [3.8, 4) is 0 Å². The van der Waals surface area contributed by atoms with Gasteiger partial charge in [0.1, 0.15) is 11.3 Å². The van der Waals surface area contributed by atoms with Gasteiger partial charge in [0.05, 0.1) is 6.42 Å². The Morgan fingerprint density at radius 3 is 2.82 bits per heavy atom. The number of furan rings is 1. The molecule has 0 aliphatic rings. The lowest BCUT2D eigenvalue weighted by atomic mass is 10.1. The Morgan fingerprint density at radius 2 is 2.12 bits per heavy atom. The van der Waals surface area contributed by atoms with Crippen molar-refractivity contribution in [2.75, 3.05) is 0 Å². The van der Waals surface area contributed by atoms with Gasteiger partial charge < -0.3 is 9.73 Å². The summed E-state index contributed by atoms with van der Waals surface area (Å²) in [6, 6.07) is 8.03. The summed E-state index contributed by atoms with van der Waals surface area (Å²) in [5.41, 5.74) is 1.88. The van der Waals surface area contributed by atoms with Gasteiger partial charge in [-0.3, -0.25) is 4.79 Å². The van der Waals surface area contributed by atoms with Crippen molar-refractivity contribution in [1.29, 1.82) is 0 Å². The van der Waals surface area contributed by atoms with Gasteiger partial charge in [0.15, 0.2) is 0 Å². The first-order valence-corrected chi connectivity index (χ1v) is 5.83. The molecule has 1 aromatic carbocycles. The lowest BCUT2D eigenvalue weighted by Gasteiger charge is -2.07. The van der Waals surface area contributed by atoms with Crippen molar-refractivity contribution < 1.29 is 9.21 Å². The van der Waals surface area contributed by atoms with E-state index in [-0.39, 0.29) is 11.9 Å². The van der Waals surface area contributed by atoms with Crippen LogP contribution in [-0.2, 0) is 11.2 Å². The van der Waals surface area contributed by atoms with Crippen LogP contribution >= 0.6 is 0 Å². The zero-order valence-electron chi connectivity index (χ0n) is 10.4. The molecule has 90 valence electrons. The highest BCUT2D eigenvalue weighted by Crippen LogP contribution is 2.20. The van der Waals surface area contributed by atoms with Crippen LogP contribution in [0.3, 0.4) is 0 Å². The van der Waals surface area contributed by atoms with E-state index >= 15 is 0 Å². The van der Waals surface area contributed by atoms with E-state index in [1.807, 2.05) is 45.0 Å². The van der Waals surface area contributed by atoms with Crippen molar-refractivity contribution in [1.82, 2.24) is 5.32 Å². The van der Waals surface area contributed by atoms with Gasteiger partial charge in [-0.05, 0) is 44.5 Å². The number of hydrogen-bond acceptors (Lipinski definition) is 2. The number of nitrogens with one attached hydrogen (secondary N) is 1. The highest BCUT2D eigenvalue weighted by atomic mass is 16.3. The molecule has 0 bridgehead atoms. The van der Waals surface area contributed by atoms with E-state index in [2.05, 4.69) is 5.32 Å². The summed E-state index contributed by atoms with van der Waals surface area (Å²) in [5, 5.41) is 3.94. The molecular formula is C14H17NO2. The predicted octanol–water partition coefficient (Wildman–Crippen LogP) is 2.81. The molecule has 0 aliphatic carbocycles. The second-order valence-corrected chi connectivity index (χ2v) is 4.63. The van der Waals surface area contributed by atoms with Crippen molar-refractivity contribution in [3.63, 3.8) is 0 Å². The molecule has 1 heterocycles. The van der Waals surface area contributed by atoms with Crippen LogP contribution in [0.5, 0.6) is 0 Å². The molecule has 0 saturated carbocycles. The summed E-state index contributed by atoms with van der Waals surface area (Å²) in [7, 11) is 0. The van der Waals surface area contributed by atoms with Gasteiger partial charge in [-0.25, -0.2) is 0 Å². The van der Waals surface area contributed by atoms with Crippen LogP contribution in [-0.4, -0.2) is 11.9 Å². The largest absolute Gasteiger partial charge is 0.461 e. The number of fused-ring (bicyclic) bond motifs is 1. The van der Waals surface area contributed by atoms with Gasteiger partial charge >= 0.3 is 0 Å². The molecule has 1 N–H and O–H groups in total. The maximum atomic E-state index is 11.6. The van der Waals surface area contributed by atoms with E-state index < -0.39 is 0 Å². The van der Waals surface area contributed by atoms with Crippen LogP contribution in [0.15, 0.2) is 28.7 Å². The average Bonchev–Trinajstić information content (AvgIpc) is 2.55. The highest BCUT2D eigenvalue weighted by Gasteiger charge is 2.07. The number of benzene rings is 1. The van der Waals surface area contributed by atoms with Crippen molar-refractivity contribution in [2.45, 2.75) is 33.2 Å². The maximum Gasteiger partial charge on any atom is 0.224 e. The molecule has 0 atom stereocenters. The Kier molecular flexibility index (Phi) is 3.18. The molecule has 2 rings (SSSR count).